The van der Waals surface area contributed by atoms with Crippen LogP contribution in [0, 0.1) is 0 Å². The molecule has 2 nitrogen and oxygen atoms in total. The van der Waals surface area contributed by atoms with Crippen molar-refractivity contribution in [3.8, 4) is 0 Å². The highest BCUT2D eigenvalue weighted by atomic mass is 35.5. The lowest BCUT2D eigenvalue weighted by Crippen LogP contribution is -2.31. The van der Waals surface area contributed by atoms with Crippen molar-refractivity contribution in [3.63, 3.8) is 0 Å². The Kier molecular flexibility index (Phi) is 3.95. The Morgan fingerprint density at radius 3 is 2.94 bits per heavy atom. The number of anilines is 1. The predicted molar refractivity (Wildman–Crippen MR) is 70.5 cm³/mol. The van der Waals surface area contributed by atoms with Crippen LogP contribution in [0.15, 0.2) is 18.2 Å². The molecule has 0 aliphatic carbocycles. The first-order chi connectivity index (χ1) is 7.74. The third kappa shape index (κ3) is 2.29. The van der Waals surface area contributed by atoms with E-state index < -0.39 is 0 Å². The summed E-state index contributed by atoms with van der Waals surface area (Å²) in [5.74, 6) is 0. The summed E-state index contributed by atoms with van der Waals surface area (Å²) in [6.45, 7) is 1.77. The molecule has 0 amide bonds. The summed E-state index contributed by atoms with van der Waals surface area (Å²) >= 11 is 12.3. The lowest BCUT2D eigenvalue weighted by atomic mass is 10.1. The van der Waals surface area contributed by atoms with E-state index in [-0.39, 0.29) is 0 Å². The molecule has 2 N–H and O–H groups in total. The predicted octanol–water partition coefficient (Wildman–Crippen LogP) is 3.31. The van der Waals surface area contributed by atoms with Gasteiger partial charge in [-0.3, -0.25) is 0 Å². The fourth-order valence-electron chi connectivity index (χ4n) is 2.36. The number of halogens is 2. The van der Waals surface area contributed by atoms with E-state index in [0.717, 1.165) is 25.2 Å². The van der Waals surface area contributed by atoms with Gasteiger partial charge in [-0.25, -0.2) is 0 Å². The molecule has 1 heterocycles. The zero-order chi connectivity index (χ0) is 11.5. The van der Waals surface area contributed by atoms with Crippen LogP contribution in [-0.4, -0.2) is 19.1 Å². The molecule has 1 aliphatic heterocycles. The molecule has 4 heteroatoms. The largest absolute Gasteiger partial charge is 0.367 e. The van der Waals surface area contributed by atoms with Crippen LogP contribution in [0.2, 0.25) is 10.0 Å². The average Bonchev–Trinajstić information content (AvgIpc) is 2.71. The molecule has 2 rings (SSSR count). The van der Waals surface area contributed by atoms with Gasteiger partial charge in [-0.1, -0.05) is 29.3 Å². The van der Waals surface area contributed by atoms with Crippen LogP contribution in [0.4, 0.5) is 5.69 Å². The summed E-state index contributed by atoms with van der Waals surface area (Å²) in [4.78, 5) is 2.33. The molecule has 0 aromatic heterocycles. The highest BCUT2D eigenvalue weighted by Gasteiger charge is 2.25. The zero-order valence-corrected chi connectivity index (χ0v) is 10.6. The Labute approximate surface area is 106 Å². The van der Waals surface area contributed by atoms with E-state index in [2.05, 4.69) is 4.90 Å². The number of nitrogens with zero attached hydrogens (tertiary/aromatic N) is 1. The van der Waals surface area contributed by atoms with Crippen molar-refractivity contribution in [3.05, 3.63) is 28.2 Å². The summed E-state index contributed by atoms with van der Waals surface area (Å²) in [5, 5.41) is 1.28. The number of hydrogen-bond acceptors (Lipinski definition) is 2. The van der Waals surface area contributed by atoms with E-state index in [4.69, 9.17) is 28.9 Å². The van der Waals surface area contributed by atoms with Crippen LogP contribution in [0.5, 0.6) is 0 Å². The Morgan fingerprint density at radius 2 is 2.19 bits per heavy atom. The summed E-state index contributed by atoms with van der Waals surface area (Å²) in [6, 6.07) is 6.31. The van der Waals surface area contributed by atoms with Crippen LogP contribution in [0.1, 0.15) is 19.3 Å². The SMILES string of the molecule is NCCC1CCCN1c1cccc(Cl)c1Cl. The van der Waals surface area contributed by atoms with Gasteiger partial charge in [0, 0.05) is 12.6 Å². The van der Waals surface area contributed by atoms with E-state index in [0.29, 0.717) is 16.1 Å². The lowest BCUT2D eigenvalue weighted by molar-refractivity contribution is 0.618. The minimum Gasteiger partial charge on any atom is -0.367 e. The van der Waals surface area contributed by atoms with Crippen molar-refractivity contribution in [2.24, 2.45) is 5.73 Å². The summed E-state index contributed by atoms with van der Waals surface area (Å²) in [5.41, 5.74) is 6.68. The van der Waals surface area contributed by atoms with Gasteiger partial charge in [0.25, 0.3) is 0 Å². The normalized spacial score (nSPS) is 20.4. The molecule has 1 aromatic rings. The molecule has 0 spiro atoms. The van der Waals surface area contributed by atoms with Crippen LogP contribution in [0.3, 0.4) is 0 Å². The van der Waals surface area contributed by atoms with Crippen molar-refractivity contribution in [1.82, 2.24) is 0 Å². The Morgan fingerprint density at radius 1 is 1.38 bits per heavy atom. The van der Waals surface area contributed by atoms with Crippen LogP contribution < -0.4 is 10.6 Å². The van der Waals surface area contributed by atoms with Crippen molar-refractivity contribution < 1.29 is 0 Å². The van der Waals surface area contributed by atoms with Gasteiger partial charge in [0.2, 0.25) is 0 Å². The van der Waals surface area contributed by atoms with Crippen LogP contribution in [0.25, 0.3) is 0 Å². The second-order valence-electron chi connectivity index (χ2n) is 4.14. The standard InChI is InChI=1S/C12H16Cl2N2/c13-10-4-1-5-11(12(10)14)16-8-2-3-9(16)6-7-15/h1,4-5,9H,2-3,6-8,15H2. The molecule has 0 saturated carbocycles. The van der Waals surface area contributed by atoms with Gasteiger partial charge >= 0.3 is 0 Å². The number of benzene rings is 1. The van der Waals surface area contributed by atoms with Gasteiger partial charge in [-0.15, -0.1) is 0 Å². The molecular formula is C12H16Cl2N2. The first-order valence-corrected chi connectivity index (χ1v) is 6.40. The number of hydrogen-bond donors (Lipinski definition) is 1. The molecule has 1 unspecified atom stereocenters. The van der Waals surface area contributed by atoms with E-state index in [1.807, 2.05) is 18.2 Å². The monoisotopic (exact) mass is 258 g/mol. The van der Waals surface area contributed by atoms with E-state index in [9.17, 15) is 0 Å². The average molecular weight is 259 g/mol. The van der Waals surface area contributed by atoms with Crippen molar-refractivity contribution >= 4 is 28.9 Å². The topological polar surface area (TPSA) is 29.3 Å². The summed E-state index contributed by atoms with van der Waals surface area (Å²) in [6.07, 6.45) is 3.41. The molecule has 1 aliphatic rings. The second-order valence-corrected chi connectivity index (χ2v) is 4.92. The van der Waals surface area contributed by atoms with Gasteiger partial charge in [0.15, 0.2) is 0 Å². The first-order valence-electron chi connectivity index (χ1n) is 5.64. The van der Waals surface area contributed by atoms with Gasteiger partial charge < -0.3 is 10.6 Å². The third-order valence-corrected chi connectivity index (χ3v) is 3.93. The van der Waals surface area contributed by atoms with E-state index in [1.54, 1.807) is 0 Å². The maximum Gasteiger partial charge on any atom is 0.0825 e. The van der Waals surface area contributed by atoms with Crippen molar-refractivity contribution in [2.45, 2.75) is 25.3 Å². The Hall–Kier alpha value is -0.440. The Bertz CT molecular complexity index is 368. The first kappa shape index (κ1) is 12.0. The maximum absolute atomic E-state index is 6.23. The second kappa shape index (κ2) is 5.26. The molecule has 0 bridgehead atoms. The molecule has 88 valence electrons. The van der Waals surface area contributed by atoms with Crippen LogP contribution >= 0.6 is 23.2 Å². The maximum atomic E-state index is 6.23. The highest BCUT2D eigenvalue weighted by Crippen LogP contribution is 2.36. The van der Waals surface area contributed by atoms with Gasteiger partial charge in [-0.2, -0.15) is 0 Å². The lowest BCUT2D eigenvalue weighted by Gasteiger charge is -2.27. The fourth-order valence-corrected chi connectivity index (χ4v) is 2.76. The van der Waals surface area contributed by atoms with E-state index >= 15 is 0 Å². The molecule has 1 fully saturated rings. The minimum absolute atomic E-state index is 0.515. The van der Waals surface area contributed by atoms with Crippen molar-refractivity contribution in [1.29, 1.82) is 0 Å². The van der Waals surface area contributed by atoms with E-state index in [1.165, 1.54) is 12.8 Å². The molecule has 1 atom stereocenters. The Balaban J connectivity index is 2.25. The number of rotatable bonds is 3. The molecule has 1 aromatic carbocycles. The van der Waals surface area contributed by atoms with Gasteiger partial charge in [-0.05, 0) is 37.9 Å². The molecular weight excluding hydrogens is 243 g/mol. The summed E-state index contributed by atoms with van der Waals surface area (Å²) < 4.78 is 0. The van der Waals surface area contributed by atoms with Gasteiger partial charge in [0.1, 0.15) is 0 Å². The quantitative estimate of drug-likeness (QED) is 0.902. The fraction of sp³-hybridized carbons (Fsp3) is 0.500. The highest BCUT2D eigenvalue weighted by molar-refractivity contribution is 6.43. The summed E-state index contributed by atoms with van der Waals surface area (Å²) in [7, 11) is 0. The number of nitrogens with two attached hydrogens (primary N) is 1. The molecule has 1 saturated heterocycles. The minimum atomic E-state index is 0.515. The zero-order valence-electron chi connectivity index (χ0n) is 9.13. The van der Waals surface area contributed by atoms with Crippen LogP contribution in [-0.2, 0) is 0 Å². The smallest absolute Gasteiger partial charge is 0.0825 e. The van der Waals surface area contributed by atoms with Crippen molar-refractivity contribution in [2.75, 3.05) is 18.0 Å². The third-order valence-electron chi connectivity index (χ3n) is 3.12. The van der Waals surface area contributed by atoms with Gasteiger partial charge in [0.05, 0.1) is 15.7 Å². The molecule has 16 heavy (non-hydrogen) atoms. The molecule has 0 radical (unpaired) electrons.